The second kappa shape index (κ2) is 10.8. The number of nitrogens with one attached hydrogen (secondary N) is 1. The van der Waals surface area contributed by atoms with Crippen LogP contribution in [0.5, 0.6) is 0 Å². The van der Waals surface area contributed by atoms with E-state index in [2.05, 4.69) is 5.32 Å². The van der Waals surface area contributed by atoms with Crippen LogP contribution in [0.1, 0.15) is 49.0 Å². The van der Waals surface area contributed by atoms with Crippen molar-refractivity contribution in [1.29, 1.82) is 0 Å². The van der Waals surface area contributed by atoms with Crippen LogP contribution in [0.4, 0.5) is 4.39 Å². The lowest BCUT2D eigenvalue weighted by Crippen LogP contribution is -2.48. The number of sulfonamides is 1. The number of hydrogen-bond acceptors (Lipinski definition) is 5. The quantitative estimate of drug-likeness (QED) is 0.553. The molecule has 0 radical (unpaired) electrons. The summed E-state index contributed by atoms with van der Waals surface area (Å²) in [6.07, 6.45) is 0.671. The molecule has 0 fully saturated rings. The van der Waals surface area contributed by atoms with Crippen molar-refractivity contribution in [2.24, 2.45) is 0 Å². The van der Waals surface area contributed by atoms with Gasteiger partial charge in [0.25, 0.3) is 15.9 Å². The molecule has 0 spiro atoms. The number of carbonyl (C=O) groups excluding carboxylic acids is 3. The number of benzene rings is 2. The molecule has 0 aromatic heterocycles. The van der Waals surface area contributed by atoms with Crippen LogP contribution < -0.4 is 5.32 Å². The van der Waals surface area contributed by atoms with Crippen LogP contribution >= 0.6 is 0 Å². The molecule has 2 aromatic carbocycles. The molecule has 1 aliphatic heterocycles. The highest BCUT2D eigenvalue weighted by atomic mass is 32.2. The first-order valence-corrected chi connectivity index (χ1v) is 12.6. The lowest BCUT2D eigenvalue weighted by molar-refractivity contribution is -0.140. The molecule has 10 heteroatoms. The molecular weight excluding hydrogens is 461 g/mol. The van der Waals surface area contributed by atoms with E-state index in [0.29, 0.717) is 6.54 Å². The van der Waals surface area contributed by atoms with Crippen LogP contribution in [0.25, 0.3) is 0 Å². The van der Waals surface area contributed by atoms with E-state index >= 15 is 0 Å². The van der Waals surface area contributed by atoms with E-state index in [0.717, 1.165) is 10.7 Å². The van der Waals surface area contributed by atoms with Gasteiger partial charge < -0.3 is 10.2 Å². The van der Waals surface area contributed by atoms with E-state index < -0.39 is 33.7 Å². The van der Waals surface area contributed by atoms with Crippen molar-refractivity contribution in [3.63, 3.8) is 0 Å². The van der Waals surface area contributed by atoms with Gasteiger partial charge in [0.15, 0.2) is 0 Å². The average Bonchev–Trinajstić information content (AvgIpc) is 3.02. The van der Waals surface area contributed by atoms with E-state index in [-0.39, 0.29) is 47.9 Å². The molecule has 8 nitrogen and oxygen atoms in total. The molecule has 182 valence electrons. The zero-order valence-electron chi connectivity index (χ0n) is 19.2. The minimum Gasteiger partial charge on any atom is -0.354 e. The first kappa shape index (κ1) is 25.4. The molecule has 0 bridgehead atoms. The van der Waals surface area contributed by atoms with Gasteiger partial charge in [0, 0.05) is 31.6 Å². The smallest absolute Gasteiger partial charge is 0.269 e. The summed E-state index contributed by atoms with van der Waals surface area (Å²) in [6.45, 7) is 3.62. The number of nitrogens with zero attached hydrogens (tertiary/aromatic N) is 2. The standard InChI is InChI=1S/C24H28FN3O5S/c1-3-14-26-23(30)17(2)27(16-18-9-4-6-11-20(18)25)22(29)13-8-15-28-24(31)19-10-5-7-12-21(19)34(28,32)33/h4-7,9-12,17H,3,8,13-16H2,1-2H3,(H,26,30)/t17-/m1/s1. The van der Waals surface area contributed by atoms with Crippen molar-refractivity contribution in [3.8, 4) is 0 Å². The molecule has 34 heavy (non-hydrogen) atoms. The number of carbonyl (C=O) groups is 3. The number of halogens is 1. The van der Waals surface area contributed by atoms with Crippen molar-refractivity contribution in [3.05, 3.63) is 65.5 Å². The first-order chi connectivity index (χ1) is 16.2. The normalized spacial score (nSPS) is 15.0. The van der Waals surface area contributed by atoms with E-state index in [4.69, 9.17) is 0 Å². The van der Waals surface area contributed by atoms with Crippen molar-refractivity contribution >= 4 is 27.7 Å². The highest BCUT2D eigenvalue weighted by molar-refractivity contribution is 7.90. The Labute approximate surface area is 198 Å². The number of fused-ring (bicyclic) bond motifs is 1. The van der Waals surface area contributed by atoms with Gasteiger partial charge in [0.05, 0.1) is 5.56 Å². The summed E-state index contributed by atoms with van der Waals surface area (Å²) >= 11 is 0. The van der Waals surface area contributed by atoms with Gasteiger partial charge in [0.2, 0.25) is 11.8 Å². The Hall–Kier alpha value is -3.27. The minimum atomic E-state index is -3.96. The molecule has 3 amide bonds. The van der Waals surface area contributed by atoms with Crippen LogP contribution in [-0.4, -0.2) is 54.5 Å². The first-order valence-electron chi connectivity index (χ1n) is 11.1. The van der Waals surface area contributed by atoms with E-state index in [1.54, 1.807) is 31.2 Å². The van der Waals surface area contributed by atoms with Gasteiger partial charge in [-0.15, -0.1) is 0 Å². The Morgan fingerprint density at radius 3 is 2.47 bits per heavy atom. The van der Waals surface area contributed by atoms with Gasteiger partial charge in [0.1, 0.15) is 16.8 Å². The van der Waals surface area contributed by atoms with Crippen LogP contribution in [0.2, 0.25) is 0 Å². The van der Waals surface area contributed by atoms with Crippen LogP contribution in [-0.2, 0) is 26.2 Å². The predicted octanol–water partition coefficient (Wildman–Crippen LogP) is 2.69. The fourth-order valence-electron chi connectivity index (χ4n) is 3.76. The van der Waals surface area contributed by atoms with Gasteiger partial charge in [-0.25, -0.2) is 17.1 Å². The Morgan fingerprint density at radius 2 is 1.79 bits per heavy atom. The highest BCUT2D eigenvalue weighted by Gasteiger charge is 2.40. The minimum absolute atomic E-state index is 0.0475. The zero-order valence-corrected chi connectivity index (χ0v) is 20.0. The summed E-state index contributed by atoms with van der Waals surface area (Å²) in [5.74, 6) is -1.92. The lowest BCUT2D eigenvalue weighted by Gasteiger charge is -2.29. The monoisotopic (exact) mass is 489 g/mol. The third-order valence-corrected chi connectivity index (χ3v) is 7.52. The van der Waals surface area contributed by atoms with Crippen LogP contribution in [0.15, 0.2) is 53.4 Å². The van der Waals surface area contributed by atoms with Gasteiger partial charge in [-0.1, -0.05) is 37.3 Å². The fraction of sp³-hybridized carbons (Fsp3) is 0.375. The third kappa shape index (κ3) is 5.27. The average molecular weight is 490 g/mol. The number of rotatable bonds is 10. The molecule has 2 aromatic rings. The number of hydrogen-bond donors (Lipinski definition) is 1. The van der Waals surface area contributed by atoms with Crippen molar-refractivity contribution < 1.29 is 27.2 Å². The topological polar surface area (TPSA) is 104 Å². The van der Waals surface area contributed by atoms with Gasteiger partial charge in [-0.2, -0.15) is 0 Å². The molecule has 0 saturated carbocycles. The SMILES string of the molecule is CCCNC(=O)[C@@H](C)N(Cc1ccccc1F)C(=O)CCCN1C(=O)c2ccccc2S1(=O)=O. The molecule has 3 rings (SSSR count). The molecule has 1 N–H and O–H groups in total. The molecule has 1 aliphatic rings. The van der Waals surface area contributed by atoms with E-state index in [1.807, 2.05) is 6.92 Å². The Bertz CT molecular complexity index is 1180. The maximum absolute atomic E-state index is 14.2. The fourth-order valence-corrected chi connectivity index (χ4v) is 5.37. The number of amides is 3. The Kier molecular flexibility index (Phi) is 8.03. The third-order valence-electron chi connectivity index (χ3n) is 5.68. The Balaban J connectivity index is 1.71. The van der Waals surface area contributed by atoms with Gasteiger partial charge >= 0.3 is 0 Å². The second-order valence-electron chi connectivity index (χ2n) is 8.06. The van der Waals surface area contributed by atoms with Crippen molar-refractivity contribution in [1.82, 2.24) is 14.5 Å². The Morgan fingerprint density at radius 1 is 1.12 bits per heavy atom. The van der Waals surface area contributed by atoms with Crippen molar-refractivity contribution in [2.45, 2.75) is 50.6 Å². The zero-order chi connectivity index (χ0) is 24.9. The second-order valence-corrected chi connectivity index (χ2v) is 9.89. The van der Waals surface area contributed by atoms with Crippen molar-refractivity contribution in [2.75, 3.05) is 13.1 Å². The summed E-state index contributed by atoms with van der Waals surface area (Å²) in [4.78, 5) is 39.4. The summed E-state index contributed by atoms with van der Waals surface area (Å²) < 4.78 is 40.4. The summed E-state index contributed by atoms with van der Waals surface area (Å²) in [6, 6.07) is 11.1. The maximum atomic E-state index is 14.2. The van der Waals surface area contributed by atoms with Gasteiger partial charge in [-0.05, 0) is 38.0 Å². The summed E-state index contributed by atoms with van der Waals surface area (Å²) in [7, 11) is -3.96. The largest absolute Gasteiger partial charge is 0.354 e. The molecular formula is C24H28FN3O5S. The lowest BCUT2D eigenvalue weighted by atomic mass is 10.1. The van der Waals surface area contributed by atoms with E-state index in [1.165, 1.54) is 29.2 Å². The van der Waals surface area contributed by atoms with Crippen LogP contribution in [0, 0.1) is 5.82 Å². The summed E-state index contributed by atoms with van der Waals surface area (Å²) in [5, 5.41) is 2.74. The maximum Gasteiger partial charge on any atom is 0.269 e. The van der Waals surface area contributed by atoms with Crippen LogP contribution in [0.3, 0.4) is 0 Å². The molecule has 1 heterocycles. The van der Waals surface area contributed by atoms with E-state index in [9.17, 15) is 27.2 Å². The molecule has 0 aliphatic carbocycles. The molecule has 0 saturated heterocycles. The summed E-state index contributed by atoms with van der Waals surface area (Å²) in [5.41, 5.74) is 0.370. The highest BCUT2D eigenvalue weighted by Crippen LogP contribution is 2.30. The predicted molar refractivity (Wildman–Crippen MR) is 124 cm³/mol. The molecule has 0 unspecified atom stereocenters. The molecule has 1 atom stereocenters. The van der Waals surface area contributed by atoms with Gasteiger partial charge in [-0.3, -0.25) is 14.4 Å².